The summed E-state index contributed by atoms with van der Waals surface area (Å²) in [5, 5.41) is 10.8. The summed E-state index contributed by atoms with van der Waals surface area (Å²) in [4.78, 5) is 0. The van der Waals surface area contributed by atoms with Crippen molar-refractivity contribution in [3.8, 4) is 0 Å². The standard InChI is InChI=1S/C13H12ClNO/c14-10-7-5-9(6-8-10)13(16)11-3-1-2-4-12(11)15/h1-8,13,16H,15H2. The first-order valence-corrected chi connectivity index (χ1v) is 5.34. The van der Waals surface area contributed by atoms with Crippen LogP contribution in [0.2, 0.25) is 5.02 Å². The van der Waals surface area contributed by atoms with E-state index in [9.17, 15) is 5.11 Å². The predicted octanol–water partition coefficient (Wildman–Crippen LogP) is 3.00. The lowest BCUT2D eigenvalue weighted by molar-refractivity contribution is 0.221. The van der Waals surface area contributed by atoms with E-state index in [1.54, 1.807) is 30.3 Å². The molecule has 0 aliphatic rings. The van der Waals surface area contributed by atoms with E-state index in [1.807, 2.05) is 18.2 Å². The summed E-state index contributed by atoms with van der Waals surface area (Å²) in [6, 6.07) is 14.4. The average Bonchev–Trinajstić information content (AvgIpc) is 2.30. The monoisotopic (exact) mass is 233 g/mol. The van der Waals surface area contributed by atoms with Crippen molar-refractivity contribution in [2.24, 2.45) is 0 Å². The fourth-order valence-electron chi connectivity index (χ4n) is 1.58. The molecule has 16 heavy (non-hydrogen) atoms. The molecule has 1 unspecified atom stereocenters. The van der Waals surface area contributed by atoms with E-state index in [2.05, 4.69) is 0 Å². The number of benzene rings is 2. The van der Waals surface area contributed by atoms with Gasteiger partial charge in [0.25, 0.3) is 0 Å². The van der Waals surface area contributed by atoms with Gasteiger partial charge in [0, 0.05) is 16.3 Å². The van der Waals surface area contributed by atoms with Crippen molar-refractivity contribution >= 4 is 17.3 Å². The number of halogens is 1. The van der Waals surface area contributed by atoms with E-state index in [-0.39, 0.29) is 0 Å². The lowest BCUT2D eigenvalue weighted by Crippen LogP contribution is -2.03. The minimum absolute atomic E-state index is 0.588. The third kappa shape index (κ3) is 2.18. The number of nitrogen functional groups attached to an aromatic ring is 1. The molecule has 82 valence electrons. The van der Waals surface area contributed by atoms with Crippen LogP contribution in [0.4, 0.5) is 5.69 Å². The Morgan fingerprint density at radius 1 is 1.00 bits per heavy atom. The molecule has 0 aromatic heterocycles. The Morgan fingerprint density at radius 2 is 1.62 bits per heavy atom. The highest BCUT2D eigenvalue weighted by Crippen LogP contribution is 2.26. The van der Waals surface area contributed by atoms with Crippen molar-refractivity contribution < 1.29 is 5.11 Å². The Labute approximate surface area is 99.3 Å². The highest BCUT2D eigenvalue weighted by Gasteiger charge is 2.12. The molecule has 3 N–H and O–H groups in total. The lowest BCUT2D eigenvalue weighted by atomic mass is 10.0. The molecule has 1 atom stereocenters. The molecule has 0 aliphatic carbocycles. The second-order valence-corrected chi connectivity index (χ2v) is 4.02. The summed E-state index contributed by atoms with van der Waals surface area (Å²) in [5.74, 6) is 0. The van der Waals surface area contributed by atoms with Crippen molar-refractivity contribution in [2.45, 2.75) is 6.10 Å². The van der Waals surface area contributed by atoms with Gasteiger partial charge in [-0.2, -0.15) is 0 Å². The second-order valence-electron chi connectivity index (χ2n) is 3.58. The second kappa shape index (κ2) is 4.56. The number of hydrogen-bond donors (Lipinski definition) is 2. The SMILES string of the molecule is Nc1ccccc1C(O)c1ccc(Cl)cc1. The van der Waals surface area contributed by atoms with Crippen LogP contribution in [0.5, 0.6) is 0 Å². The number of anilines is 1. The first-order chi connectivity index (χ1) is 7.68. The zero-order valence-electron chi connectivity index (χ0n) is 8.60. The Hall–Kier alpha value is -1.51. The van der Waals surface area contributed by atoms with Crippen LogP contribution in [0.1, 0.15) is 17.2 Å². The summed E-state index contributed by atoms with van der Waals surface area (Å²) < 4.78 is 0. The average molecular weight is 234 g/mol. The first-order valence-electron chi connectivity index (χ1n) is 4.96. The minimum atomic E-state index is -0.710. The first kappa shape index (κ1) is 11.0. The van der Waals surface area contributed by atoms with Crippen molar-refractivity contribution in [1.82, 2.24) is 0 Å². The van der Waals surface area contributed by atoms with Crippen LogP contribution < -0.4 is 5.73 Å². The van der Waals surface area contributed by atoms with E-state index >= 15 is 0 Å². The van der Waals surface area contributed by atoms with E-state index in [1.165, 1.54) is 0 Å². The normalized spacial score (nSPS) is 12.4. The van der Waals surface area contributed by atoms with Gasteiger partial charge in [0.1, 0.15) is 6.10 Å². The molecule has 0 fully saturated rings. The van der Waals surface area contributed by atoms with Crippen molar-refractivity contribution in [1.29, 1.82) is 0 Å². The highest BCUT2D eigenvalue weighted by molar-refractivity contribution is 6.30. The van der Waals surface area contributed by atoms with Crippen LogP contribution in [-0.2, 0) is 0 Å². The summed E-state index contributed by atoms with van der Waals surface area (Å²) in [6.07, 6.45) is -0.710. The molecule has 0 bridgehead atoms. The smallest absolute Gasteiger partial charge is 0.106 e. The summed E-state index contributed by atoms with van der Waals surface area (Å²) in [7, 11) is 0. The summed E-state index contributed by atoms with van der Waals surface area (Å²) in [6.45, 7) is 0. The van der Waals surface area contributed by atoms with Crippen LogP contribution in [0.25, 0.3) is 0 Å². The Bertz CT molecular complexity index is 482. The predicted molar refractivity (Wildman–Crippen MR) is 66.4 cm³/mol. The molecule has 2 aromatic rings. The molecule has 2 aromatic carbocycles. The van der Waals surface area contributed by atoms with Gasteiger partial charge in [0.2, 0.25) is 0 Å². The molecule has 0 spiro atoms. The topological polar surface area (TPSA) is 46.2 Å². The molecular formula is C13H12ClNO. The molecule has 3 heteroatoms. The number of rotatable bonds is 2. The van der Waals surface area contributed by atoms with E-state index in [0.717, 1.165) is 5.56 Å². The summed E-state index contributed by atoms with van der Waals surface area (Å²) in [5.41, 5.74) is 7.88. The quantitative estimate of drug-likeness (QED) is 0.784. The third-order valence-electron chi connectivity index (χ3n) is 2.48. The van der Waals surface area contributed by atoms with Gasteiger partial charge in [-0.3, -0.25) is 0 Å². The molecule has 0 heterocycles. The zero-order chi connectivity index (χ0) is 11.5. The van der Waals surface area contributed by atoms with Gasteiger partial charge in [-0.05, 0) is 23.8 Å². The van der Waals surface area contributed by atoms with Gasteiger partial charge in [0.15, 0.2) is 0 Å². The van der Waals surface area contributed by atoms with Gasteiger partial charge >= 0.3 is 0 Å². The van der Waals surface area contributed by atoms with Gasteiger partial charge in [-0.15, -0.1) is 0 Å². The van der Waals surface area contributed by atoms with Gasteiger partial charge in [-0.1, -0.05) is 41.9 Å². The van der Waals surface area contributed by atoms with Crippen LogP contribution in [-0.4, -0.2) is 5.11 Å². The third-order valence-corrected chi connectivity index (χ3v) is 2.73. The molecule has 0 radical (unpaired) electrons. The lowest BCUT2D eigenvalue weighted by Gasteiger charge is -2.13. The van der Waals surface area contributed by atoms with Crippen LogP contribution in [0.3, 0.4) is 0 Å². The number of hydrogen-bond acceptors (Lipinski definition) is 2. The Morgan fingerprint density at radius 3 is 2.25 bits per heavy atom. The van der Waals surface area contributed by atoms with E-state index < -0.39 is 6.10 Å². The van der Waals surface area contributed by atoms with Gasteiger partial charge in [0.05, 0.1) is 0 Å². The Kier molecular flexibility index (Phi) is 3.13. The van der Waals surface area contributed by atoms with E-state index in [0.29, 0.717) is 16.3 Å². The maximum absolute atomic E-state index is 10.1. The van der Waals surface area contributed by atoms with Gasteiger partial charge in [-0.25, -0.2) is 0 Å². The van der Waals surface area contributed by atoms with Gasteiger partial charge < -0.3 is 10.8 Å². The molecule has 0 saturated carbocycles. The largest absolute Gasteiger partial charge is 0.398 e. The van der Waals surface area contributed by atoms with Crippen LogP contribution >= 0.6 is 11.6 Å². The number of aliphatic hydroxyl groups is 1. The Balaban J connectivity index is 2.35. The number of para-hydroxylation sites is 1. The molecule has 2 rings (SSSR count). The molecule has 0 aliphatic heterocycles. The minimum Gasteiger partial charge on any atom is -0.398 e. The van der Waals surface area contributed by atoms with Crippen molar-refractivity contribution in [2.75, 3.05) is 5.73 Å². The molecule has 0 amide bonds. The fraction of sp³-hybridized carbons (Fsp3) is 0.0769. The highest BCUT2D eigenvalue weighted by atomic mass is 35.5. The number of nitrogens with two attached hydrogens (primary N) is 1. The van der Waals surface area contributed by atoms with E-state index in [4.69, 9.17) is 17.3 Å². The molecular weight excluding hydrogens is 222 g/mol. The molecule has 2 nitrogen and oxygen atoms in total. The zero-order valence-corrected chi connectivity index (χ0v) is 9.35. The maximum atomic E-state index is 10.1. The molecule has 0 saturated heterocycles. The van der Waals surface area contributed by atoms with Crippen LogP contribution in [0, 0.1) is 0 Å². The maximum Gasteiger partial charge on any atom is 0.106 e. The fourth-order valence-corrected chi connectivity index (χ4v) is 1.71. The van der Waals surface area contributed by atoms with Crippen molar-refractivity contribution in [3.05, 3.63) is 64.7 Å². The van der Waals surface area contributed by atoms with Crippen molar-refractivity contribution in [3.63, 3.8) is 0 Å². The summed E-state index contributed by atoms with van der Waals surface area (Å²) >= 11 is 5.79. The van der Waals surface area contributed by atoms with Crippen LogP contribution in [0.15, 0.2) is 48.5 Å². The number of aliphatic hydroxyl groups excluding tert-OH is 1.